The molecule has 1 heterocycles. The van der Waals surface area contributed by atoms with Gasteiger partial charge in [-0.2, -0.15) is 0 Å². The van der Waals surface area contributed by atoms with Gasteiger partial charge in [0, 0.05) is 27.7 Å². The normalized spacial score (nSPS) is 10.3. The van der Waals surface area contributed by atoms with Gasteiger partial charge in [0.15, 0.2) is 0 Å². The molecule has 0 aliphatic carbocycles. The summed E-state index contributed by atoms with van der Waals surface area (Å²) in [5, 5.41) is 3.96. The van der Waals surface area contributed by atoms with Gasteiger partial charge in [-0.05, 0) is 46.3 Å². The average Bonchev–Trinajstić information content (AvgIpc) is 2.72. The number of nitrogens with two attached hydrogens (primary N) is 1. The molecule has 3 N–H and O–H groups in total. The fourth-order valence-electron chi connectivity index (χ4n) is 1.51. The second-order valence-electron chi connectivity index (χ2n) is 3.61. The first-order valence-corrected chi connectivity index (χ1v) is 7.53. The van der Waals surface area contributed by atoms with Crippen molar-refractivity contribution in [3.63, 3.8) is 0 Å². The smallest absolute Gasteiger partial charge is 0.106 e. The summed E-state index contributed by atoms with van der Waals surface area (Å²) in [5.74, 6) is 0. The maximum atomic E-state index is 5.98. The lowest BCUT2D eigenvalue weighted by atomic mass is 10.1. The Morgan fingerprint density at radius 3 is 2.78 bits per heavy atom. The van der Waals surface area contributed by atoms with Gasteiger partial charge < -0.3 is 11.1 Å². The standard InChI is InChI=1S/C12H10BrClN2S2/c13-11-4-2-8(18-11)6-16-10-5-7(14)1-3-9(10)12(15)17/h1-5,16H,6H2,(H2,15,17). The van der Waals surface area contributed by atoms with Crippen LogP contribution in [0, 0.1) is 0 Å². The number of nitrogens with one attached hydrogen (secondary N) is 1. The van der Waals surface area contributed by atoms with Gasteiger partial charge >= 0.3 is 0 Å². The Bertz CT molecular complexity index is 583. The molecular weight excluding hydrogens is 352 g/mol. The van der Waals surface area contributed by atoms with Crippen molar-refractivity contribution in [2.24, 2.45) is 5.73 Å². The zero-order chi connectivity index (χ0) is 13.1. The molecule has 1 aromatic heterocycles. The van der Waals surface area contributed by atoms with E-state index in [4.69, 9.17) is 29.6 Å². The van der Waals surface area contributed by atoms with Gasteiger partial charge in [0.1, 0.15) is 4.99 Å². The number of anilines is 1. The van der Waals surface area contributed by atoms with Crippen molar-refractivity contribution in [3.8, 4) is 0 Å². The van der Waals surface area contributed by atoms with E-state index in [1.165, 1.54) is 4.88 Å². The minimum Gasteiger partial charge on any atom is -0.389 e. The quantitative estimate of drug-likeness (QED) is 0.792. The van der Waals surface area contributed by atoms with Gasteiger partial charge in [-0.15, -0.1) is 11.3 Å². The molecule has 0 saturated carbocycles. The number of rotatable bonds is 4. The zero-order valence-electron chi connectivity index (χ0n) is 9.24. The largest absolute Gasteiger partial charge is 0.389 e. The van der Waals surface area contributed by atoms with Crippen LogP contribution in [0.1, 0.15) is 10.4 Å². The van der Waals surface area contributed by atoms with E-state index >= 15 is 0 Å². The van der Waals surface area contributed by atoms with Gasteiger partial charge in [0.25, 0.3) is 0 Å². The second-order valence-corrected chi connectivity index (χ2v) is 7.04. The predicted octanol–water partition coefficient (Wildman–Crippen LogP) is 4.41. The topological polar surface area (TPSA) is 38.0 Å². The summed E-state index contributed by atoms with van der Waals surface area (Å²) >= 11 is 16.1. The summed E-state index contributed by atoms with van der Waals surface area (Å²) in [6.07, 6.45) is 0. The van der Waals surface area contributed by atoms with Gasteiger partial charge in [-0.3, -0.25) is 0 Å². The highest BCUT2D eigenvalue weighted by Gasteiger charge is 2.06. The van der Waals surface area contributed by atoms with E-state index in [-0.39, 0.29) is 0 Å². The van der Waals surface area contributed by atoms with Gasteiger partial charge in [-0.25, -0.2) is 0 Å². The van der Waals surface area contributed by atoms with Gasteiger partial charge in [0.2, 0.25) is 0 Å². The molecule has 0 aliphatic heterocycles. The molecule has 0 bridgehead atoms. The molecule has 0 radical (unpaired) electrons. The first-order chi connectivity index (χ1) is 8.56. The van der Waals surface area contributed by atoms with Crippen LogP contribution in [0.15, 0.2) is 34.1 Å². The van der Waals surface area contributed by atoms with Crippen LogP contribution in [0.3, 0.4) is 0 Å². The molecule has 2 nitrogen and oxygen atoms in total. The third-order valence-corrected chi connectivity index (χ3v) is 4.41. The van der Waals surface area contributed by atoms with Crippen molar-refractivity contribution in [2.75, 3.05) is 5.32 Å². The van der Waals surface area contributed by atoms with Crippen molar-refractivity contribution in [2.45, 2.75) is 6.54 Å². The second kappa shape index (κ2) is 6.02. The zero-order valence-corrected chi connectivity index (χ0v) is 13.2. The van der Waals surface area contributed by atoms with Crippen LogP contribution in [0.5, 0.6) is 0 Å². The summed E-state index contributed by atoms with van der Waals surface area (Å²) in [6.45, 7) is 0.715. The van der Waals surface area contributed by atoms with Crippen molar-refractivity contribution in [1.82, 2.24) is 0 Å². The molecule has 2 rings (SSSR count). The highest BCUT2D eigenvalue weighted by Crippen LogP contribution is 2.25. The Labute approximate surface area is 128 Å². The van der Waals surface area contributed by atoms with E-state index in [9.17, 15) is 0 Å². The molecule has 18 heavy (non-hydrogen) atoms. The van der Waals surface area contributed by atoms with Crippen LogP contribution in [0.2, 0.25) is 5.02 Å². The molecule has 0 saturated heterocycles. The Hall–Kier alpha value is -0.620. The average molecular weight is 362 g/mol. The predicted molar refractivity (Wildman–Crippen MR) is 86.7 cm³/mol. The molecule has 94 valence electrons. The fraction of sp³-hybridized carbons (Fsp3) is 0.0833. The Morgan fingerprint density at radius 1 is 1.39 bits per heavy atom. The third kappa shape index (κ3) is 3.45. The maximum absolute atomic E-state index is 5.98. The first-order valence-electron chi connectivity index (χ1n) is 5.13. The van der Waals surface area contributed by atoms with Crippen LogP contribution in [0.4, 0.5) is 5.69 Å². The molecular formula is C12H10BrClN2S2. The maximum Gasteiger partial charge on any atom is 0.106 e. The molecule has 2 aromatic rings. The van der Waals surface area contributed by atoms with Crippen LogP contribution >= 0.6 is 51.1 Å². The van der Waals surface area contributed by atoms with Gasteiger partial charge in [0.05, 0.1) is 3.79 Å². The van der Waals surface area contributed by atoms with Crippen LogP contribution in [-0.2, 0) is 6.54 Å². The van der Waals surface area contributed by atoms with Crippen LogP contribution in [0.25, 0.3) is 0 Å². The number of hydrogen-bond acceptors (Lipinski definition) is 3. The molecule has 6 heteroatoms. The number of benzene rings is 1. The van der Waals surface area contributed by atoms with E-state index < -0.39 is 0 Å². The summed E-state index contributed by atoms with van der Waals surface area (Å²) in [5.41, 5.74) is 7.35. The van der Waals surface area contributed by atoms with E-state index in [1.54, 1.807) is 17.4 Å². The number of thiocarbonyl (C=S) groups is 1. The molecule has 0 unspecified atom stereocenters. The third-order valence-electron chi connectivity index (χ3n) is 2.33. The minimum absolute atomic E-state index is 0.363. The molecule has 1 aromatic carbocycles. The van der Waals surface area contributed by atoms with Crippen molar-refractivity contribution < 1.29 is 0 Å². The summed E-state index contributed by atoms with van der Waals surface area (Å²) in [7, 11) is 0. The molecule has 0 spiro atoms. The SMILES string of the molecule is NC(=S)c1ccc(Cl)cc1NCc1ccc(Br)s1. The number of hydrogen-bond donors (Lipinski definition) is 2. The Kier molecular flexibility index (Phi) is 4.61. The van der Waals surface area contributed by atoms with E-state index in [0.29, 0.717) is 16.6 Å². The summed E-state index contributed by atoms with van der Waals surface area (Å²) < 4.78 is 1.11. The summed E-state index contributed by atoms with van der Waals surface area (Å²) in [6, 6.07) is 9.53. The van der Waals surface area contributed by atoms with Crippen LogP contribution in [-0.4, -0.2) is 4.99 Å². The summed E-state index contributed by atoms with van der Waals surface area (Å²) in [4.78, 5) is 1.58. The monoisotopic (exact) mass is 360 g/mol. The molecule has 0 amide bonds. The van der Waals surface area contributed by atoms with Crippen molar-refractivity contribution >= 4 is 61.8 Å². The van der Waals surface area contributed by atoms with Gasteiger partial charge in [-0.1, -0.05) is 23.8 Å². The Morgan fingerprint density at radius 2 is 2.17 bits per heavy atom. The van der Waals surface area contributed by atoms with Crippen LogP contribution < -0.4 is 11.1 Å². The minimum atomic E-state index is 0.363. The van der Waals surface area contributed by atoms with Crippen molar-refractivity contribution in [1.29, 1.82) is 0 Å². The lowest BCUT2D eigenvalue weighted by molar-refractivity contribution is 1.19. The molecule has 0 fully saturated rings. The number of halogens is 2. The van der Waals surface area contributed by atoms with E-state index in [1.807, 2.05) is 18.2 Å². The lowest BCUT2D eigenvalue weighted by Crippen LogP contribution is -2.13. The Balaban J connectivity index is 2.17. The number of thiophene rings is 1. The lowest BCUT2D eigenvalue weighted by Gasteiger charge is -2.10. The van der Waals surface area contributed by atoms with Crippen molar-refractivity contribution in [3.05, 3.63) is 49.6 Å². The molecule has 0 atom stereocenters. The fourth-order valence-corrected chi connectivity index (χ4v) is 3.28. The highest BCUT2D eigenvalue weighted by molar-refractivity contribution is 9.11. The molecule has 0 aliphatic rings. The first kappa shape index (κ1) is 13.8. The van der Waals surface area contributed by atoms with E-state index in [0.717, 1.165) is 15.0 Å². The van der Waals surface area contributed by atoms with E-state index in [2.05, 4.69) is 27.3 Å². The highest BCUT2D eigenvalue weighted by atomic mass is 79.9.